The average Bonchev–Trinajstić information content (AvgIpc) is 3.16. The molecule has 0 spiro atoms. The number of aryl methyl sites for hydroxylation is 1. The summed E-state index contributed by atoms with van der Waals surface area (Å²) in [5.41, 5.74) is -0.149. The standard InChI is InChI=1S/C16H13ClF3N5O/c1-24-13(6-14(23-24)16(18,19)20)15(26)22-11-7-21-25(9-11)8-10-4-2-3-5-12(10)17/h2-7,9H,8H2,1H3,(H,22,26). The Hall–Kier alpha value is -2.81. The van der Waals surface area contributed by atoms with Gasteiger partial charge in [0.2, 0.25) is 0 Å². The molecule has 0 fully saturated rings. The van der Waals surface area contributed by atoms with E-state index in [9.17, 15) is 18.0 Å². The third-order valence-corrected chi connectivity index (χ3v) is 3.95. The van der Waals surface area contributed by atoms with Crippen LogP contribution in [0, 0.1) is 0 Å². The monoisotopic (exact) mass is 383 g/mol. The molecule has 1 aromatic carbocycles. The number of carbonyl (C=O) groups excluding carboxylic acids is 1. The van der Waals surface area contributed by atoms with Crippen molar-refractivity contribution in [2.24, 2.45) is 7.05 Å². The van der Waals surface area contributed by atoms with Gasteiger partial charge in [0.1, 0.15) is 5.69 Å². The van der Waals surface area contributed by atoms with Crippen LogP contribution in [0.4, 0.5) is 18.9 Å². The van der Waals surface area contributed by atoms with Crippen LogP contribution in [0.25, 0.3) is 0 Å². The zero-order valence-corrected chi connectivity index (χ0v) is 14.2. The lowest BCUT2D eigenvalue weighted by molar-refractivity contribution is -0.141. The molecule has 1 amide bonds. The van der Waals surface area contributed by atoms with E-state index in [1.807, 2.05) is 18.2 Å². The number of halogens is 4. The van der Waals surface area contributed by atoms with Crippen LogP contribution in [0.1, 0.15) is 21.7 Å². The maximum Gasteiger partial charge on any atom is 0.435 e. The van der Waals surface area contributed by atoms with Gasteiger partial charge >= 0.3 is 6.18 Å². The second-order valence-corrected chi connectivity index (χ2v) is 5.92. The van der Waals surface area contributed by atoms with Crippen molar-refractivity contribution in [2.75, 3.05) is 5.32 Å². The van der Waals surface area contributed by atoms with E-state index in [2.05, 4.69) is 15.5 Å². The Morgan fingerprint density at radius 1 is 1.31 bits per heavy atom. The van der Waals surface area contributed by atoms with E-state index < -0.39 is 17.8 Å². The van der Waals surface area contributed by atoms with Crippen molar-refractivity contribution in [1.82, 2.24) is 19.6 Å². The first-order chi connectivity index (χ1) is 12.2. The number of nitrogens with zero attached hydrogens (tertiary/aromatic N) is 4. The van der Waals surface area contributed by atoms with Gasteiger partial charge < -0.3 is 5.32 Å². The van der Waals surface area contributed by atoms with Crippen LogP contribution in [0.15, 0.2) is 42.7 Å². The Labute approximate surface area is 151 Å². The van der Waals surface area contributed by atoms with Crippen molar-refractivity contribution in [3.8, 4) is 0 Å². The number of benzene rings is 1. The van der Waals surface area contributed by atoms with Gasteiger partial charge in [-0.05, 0) is 11.6 Å². The summed E-state index contributed by atoms with van der Waals surface area (Å²) >= 11 is 6.09. The summed E-state index contributed by atoms with van der Waals surface area (Å²) < 4.78 is 40.5. The lowest BCUT2D eigenvalue weighted by atomic mass is 10.2. The van der Waals surface area contributed by atoms with Gasteiger partial charge in [-0.2, -0.15) is 23.4 Å². The molecule has 0 unspecified atom stereocenters. The Bertz CT molecular complexity index is 948. The summed E-state index contributed by atoms with van der Waals surface area (Å²) in [5, 5.41) is 10.5. The third kappa shape index (κ3) is 3.88. The molecule has 0 aliphatic rings. The van der Waals surface area contributed by atoms with E-state index in [-0.39, 0.29) is 5.69 Å². The second-order valence-electron chi connectivity index (χ2n) is 5.51. The molecule has 0 saturated heterocycles. The summed E-state index contributed by atoms with van der Waals surface area (Å²) in [7, 11) is 1.27. The minimum Gasteiger partial charge on any atom is -0.318 e. The van der Waals surface area contributed by atoms with Gasteiger partial charge in [-0.15, -0.1) is 0 Å². The van der Waals surface area contributed by atoms with Gasteiger partial charge in [-0.1, -0.05) is 29.8 Å². The van der Waals surface area contributed by atoms with Crippen LogP contribution < -0.4 is 5.32 Å². The first-order valence-electron chi connectivity index (χ1n) is 7.42. The average molecular weight is 384 g/mol. The summed E-state index contributed by atoms with van der Waals surface area (Å²) in [5.74, 6) is -0.715. The Morgan fingerprint density at radius 3 is 2.69 bits per heavy atom. The highest BCUT2D eigenvalue weighted by molar-refractivity contribution is 6.31. The molecule has 0 atom stereocenters. The molecular formula is C16H13ClF3N5O. The van der Waals surface area contributed by atoms with Crippen LogP contribution in [0.2, 0.25) is 5.02 Å². The highest BCUT2D eigenvalue weighted by atomic mass is 35.5. The molecule has 26 heavy (non-hydrogen) atoms. The van der Waals surface area contributed by atoms with Crippen molar-refractivity contribution in [3.63, 3.8) is 0 Å². The maximum atomic E-state index is 12.7. The number of nitrogens with one attached hydrogen (secondary N) is 1. The zero-order valence-electron chi connectivity index (χ0n) is 13.5. The van der Waals surface area contributed by atoms with Crippen molar-refractivity contribution in [1.29, 1.82) is 0 Å². The topological polar surface area (TPSA) is 64.7 Å². The smallest absolute Gasteiger partial charge is 0.318 e. The van der Waals surface area contributed by atoms with Crippen LogP contribution >= 0.6 is 11.6 Å². The van der Waals surface area contributed by atoms with E-state index in [1.54, 1.807) is 16.9 Å². The molecule has 1 N–H and O–H groups in total. The number of amides is 1. The lowest BCUT2D eigenvalue weighted by Crippen LogP contribution is -2.15. The Morgan fingerprint density at radius 2 is 2.04 bits per heavy atom. The second kappa shape index (κ2) is 6.83. The lowest BCUT2D eigenvalue weighted by Gasteiger charge is -2.04. The molecule has 2 aromatic heterocycles. The van der Waals surface area contributed by atoms with Gasteiger partial charge in [-0.25, -0.2) is 0 Å². The summed E-state index contributed by atoms with van der Waals surface area (Å²) in [6.45, 7) is 0.388. The van der Waals surface area contributed by atoms with E-state index in [0.717, 1.165) is 10.2 Å². The molecule has 6 nitrogen and oxygen atoms in total. The highest BCUT2D eigenvalue weighted by Crippen LogP contribution is 2.28. The fourth-order valence-corrected chi connectivity index (χ4v) is 2.52. The van der Waals surface area contributed by atoms with Crippen molar-refractivity contribution in [3.05, 3.63) is 64.7 Å². The third-order valence-electron chi connectivity index (χ3n) is 3.58. The molecule has 2 heterocycles. The normalized spacial score (nSPS) is 11.6. The molecule has 0 saturated carbocycles. The predicted molar refractivity (Wildman–Crippen MR) is 88.9 cm³/mol. The number of alkyl halides is 3. The summed E-state index contributed by atoms with van der Waals surface area (Å²) in [4.78, 5) is 12.2. The molecule has 3 rings (SSSR count). The Balaban J connectivity index is 1.72. The number of carbonyl (C=O) groups is 1. The van der Waals surface area contributed by atoms with E-state index in [1.165, 1.54) is 13.2 Å². The first kappa shape index (κ1) is 18.0. The van der Waals surface area contributed by atoms with Crippen LogP contribution in [0.5, 0.6) is 0 Å². The molecule has 136 valence electrons. The van der Waals surface area contributed by atoms with Gasteiger partial charge in [0, 0.05) is 24.3 Å². The van der Waals surface area contributed by atoms with E-state index in [0.29, 0.717) is 23.3 Å². The van der Waals surface area contributed by atoms with Crippen molar-refractivity contribution >= 4 is 23.2 Å². The quantitative estimate of drug-likeness (QED) is 0.748. The molecule has 0 bridgehead atoms. The summed E-state index contributed by atoms with van der Waals surface area (Å²) in [6.07, 6.45) is -1.66. The van der Waals surface area contributed by atoms with Gasteiger partial charge in [0.15, 0.2) is 5.69 Å². The number of anilines is 1. The first-order valence-corrected chi connectivity index (χ1v) is 7.80. The number of hydrogen-bond acceptors (Lipinski definition) is 3. The fourth-order valence-electron chi connectivity index (χ4n) is 2.33. The molecule has 3 aromatic rings. The minimum absolute atomic E-state index is 0.212. The van der Waals surface area contributed by atoms with Crippen LogP contribution in [-0.2, 0) is 19.8 Å². The van der Waals surface area contributed by atoms with Gasteiger partial charge in [0.25, 0.3) is 5.91 Å². The predicted octanol–water partition coefficient (Wildman–Crippen LogP) is 3.59. The molecule has 0 aliphatic heterocycles. The van der Waals surface area contributed by atoms with Crippen molar-refractivity contribution < 1.29 is 18.0 Å². The van der Waals surface area contributed by atoms with Crippen LogP contribution in [0.3, 0.4) is 0 Å². The minimum atomic E-state index is -4.61. The molecule has 0 radical (unpaired) electrons. The van der Waals surface area contributed by atoms with Gasteiger partial charge in [0.05, 0.1) is 18.4 Å². The Kier molecular flexibility index (Phi) is 4.73. The molecule has 10 heteroatoms. The largest absolute Gasteiger partial charge is 0.435 e. The van der Waals surface area contributed by atoms with Crippen LogP contribution in [-0.4, -0.2) is 25.5 Å². The zero-order chi connectivity index (χ0) is 18.9. The van der Waals surface area contributed by atoms with Gasteiger partial charge in [-0.3, -0.25) is 14.2 Å². The number of hydrogen-bond donors (Lipinski definition) is 1. The van der Waals surface area contributed by atoms with E-state index in [4.69, 9.17) is 11.6 Å². The van der Waals surface area contributed by atoms with E-state index >= 15 is 0 Å². The summed E-state index contributed by atoms with van der Waals surface area (Å²) in [6, 6.07) is 7.95. The maximum absolute atomic E-state index is 12.7. The number of aromatic nitrogens is 4. The molecule has 0 aliphatic carbocycles. The SMILES string of the molecule is Cn1nc(C(F)(F)F)cc1C(=O)Nc1cnn(Cc2ccccc2Cl)c1. The van der Waals surface area contributed by atoms with Crippen molar-refractivity contribution in [2.45, 2.75) is 12.7 Å². The fraction of sp³-hybridized carbons (Fsp3) is 0.188. The highest BCUT2D eigenvalue weighted by Gasteiger charge is 2.35. The molecular weight excluding hydrogens is 371 g/mol. The number of rotatable bonds is 4.